The smallest absolute Gasteiger partial charge is 0.324 e. The summed E-state index contributed by atoms with van der Waals surface area (Å²) in [5.74, 6) is 0.498. The van der Waals surface area contributed by atoms with Gasteiger partial charge in [-0.1, -0.05) is 0 Å². The fourth-order valence-corrected chi connectivity index (χ4v) is 2.34. The van der Waals surface area contributed by atoms with Crippen LogP contribution in [-0.2, 0) is 0 Å². The summed E-state index contributed by atoms with van der Waals surface area (Å²) in [5, 5.41) is 3.26. The van der Waals surface area contributed by atoms with E-state index < -0.39 is 0 Å². The second-order valence-corrected chi connectivity index (χ2v) is 4.65. The molecule has 0 saturated carbocycles. The predicted octanol–water partition coefficient (Wildman–Crippen LogP) is 0.640. The molecule has 2 saturated heterocycles. The van der Waals surface area contributed by atoms with E-state index in [0.29, 0.717) is 5.92 Å². The summed E-state index contributed by atoms with van der Waals surface area (Å²) in [6, 6.07) is 2.04. The third kappa shape index (κ3) is 1.67. The Labute approximate surface area is 100 Å². The number of hydrogen-bond donors (Lipinski definition) is 1. The fraction of sp³-hybridized carbons (Fsp3) is 0.500. The van der Waals surface area contributed by atoms with Crippen LogP contribution in [0.3, 0.4) is 0 Å². The van der Waals surface area contributed by atoms with Gasteiger partial charge in [-0.25, -0.2) is 4.79 Å². The molecule has 0 bridgehead atoms. The molecule has 3 rings (SSSR count). The summed E-state index contributed by atoms with van der Waals surface area (Å²) in [6.45, 7) is 3.53. The minimum Gasteiger partial charge on any atom is -0.326 e. The van der Waals surface area contributed by atoms with Crippen LogP contribution in [0.4, 0.5) is 10.5 Å². The predicted molar refractivity (Wildman–Crippen MR) is 65.2 cm³/mol. The number of anilines is 1. The van der Waals surface area contributed by atoms with Gasteiger partial charge < -0.3 is 10.2 Å². The van der Waals surface area contributed by atoms with Crippen molar-refractivity contribution in [3.63, 3.8) is 0 Å². The third-order valence-electron chi connectivity index (χ3n) is 3.56. The zero-order chi connectivity index (χ0) is 11.8. The van der Waals surface area contributed by atoms with Gasteiger partial charge >= 0.3 is 6.03 Å². The maximum Gasteiger partial charge on any atom is 0.324 e. The Morgan fingerprint density at radius 1 is 1.41 bits per heavy atom. The quantitative estimate of drug-likeness (QED) is 0.814. The van der Waals surface area contributed by atoms with Crippen LogP contribution in [0.15, 0.2) is 18.5 Å². The molecule has 2 aliphatic rings. The summed E-state index contributed by atoms with van der Waals surface area (Å²) in [5.41, 5.74) is 2.22. The number of rotatable bonds is 2. The lowest BCUT2D eigenvalue weighted by molar-refractivity contribution is 0.229. The minimum atomic E-state index is 0.0877. The molecule has 0 aliphatic carbocycles. The molecular weight excluding hydrogens is 216 g/mol. The largest absolute Gasteiger partial charge is 0.326 e. The highest BCUT2D eigenvalue weighted by Gasteiger charge is 2.31. The molecule has 5 heteroatoms. The van der Waals surface area contributed by atoms with E-state index in [1.165, 1.54) is 5.56 Å². The number of nitrogens with zero attached hydrogens (tertiary/aromatic N) is 3. The molecule has 0 atom stereocenters. The van der Waals surface area contributed by atoms with Gasteiger partial charge in [0.25, 0.3) is 0 Å². The van der Waals surface area contributed by atoms with Crippen molar-refractivity contribution < 1.29 is 4.79 Å². The summed E-state index contributed by atoms with van der Waals surface area (Å²) < 4.78 is 0. The molecule has 1 aromatic heterocycles. The first kappa shape index (κ1) is 10.5. The first-order valence-electron chi connectivity index (χ1n) is 5.94. The van der Waals surface area contributed by atoms with Gasteiger partial charge in [0, 0.05) is 51.5 Å². The van der Waals surface area contributed by atoms with Gasteiger partial charge in [0.1, 0.15) is 0 Å². The van der Waals surface area contributed by atoms with Crippen molar-refractivity contribution in [3.05, 3.63) is 24.0 Å². The number of hydrogen-bond acceptors (Lipinski definition) is 3. The number of nitrogens with one attached hydrogen (secondary N) is 1. The van der Waals surface area contributed by atoms with Crippen molar-refractivity contribution in [2.24, 2.45) is 0 Å². The molecule has 1 N–H and O–H groups in total. The lowest BCUT2D eigenvalue weighted by Crippen LogP contribution is -2.41. The number of pyridine rings is 1. The van der Waals surface area contributed by atoms with Crippen LogP contribution in [0, 0.1) is 0 Å². The standard InChI is InChI=1S/C12H16N4O/c1-15-4-5-16(12(15)17)11-2-3-13-8-10(11)9-6-14-7-9/h2-3,8-9,14H,4-7H2,1H3. The summed E-state index contributed by atoms with van der Waals surface area (Å²) >= 11 is 0. The average Bonchev–Trinajstić information content (AvgIpc) is 2.59. The van der Waals surface area contributed by atoms with E-state index in [1.54, 1.807) is 11.1 Å². The van der Waals surface area contributed by atoms with Gasteiger partial charge in [0.2, 0.25) is 0 Å². The molecule has 5 nitrogen and oxygen atoms in total. The number of likely N-dealkylation sites (N-methyl/N-ethyl adjacent to an activating group) is 1. The Morgan fingerprint density at radius 2 is 2.24 bits per heavy atom. The average molecular weight is 232 g/mol. The Hall–Kier alpha value is -1.62. The maximum atomic E-state index is 12.0. The number of aromatic nitrogens is 1. The zero-order valence-electron chi connectivity index (χ0n) is 9.89. The van der Waals surface area contributed by atoms with E-state index in [1.807, 2.05) is 24.2 Å². The second-order valence-electron chi connectivity index (χ2n) is 4.65. The molecule has 2 aliphatic heterocycles. The first-order valence-corrected chi connectivity index (χ1v) is 5.94. The highest BCUT2D eigenvalue weighted by Crippen LogP contribution is 2.30. The molecule has 17 heavy (non-hydrogen) atoms. The van der Waals surface area contributed by atoms with Crippen molar-refractivity contribution in [2.75, 3.05) is 38.1 Å². The number of carbonyl (C=O) groups excluding carboxylic acids is 1. The molecule has 2 amide bonds. The molecule has 1 aromatic rings. The lowest BCUT2D eigenvalue weighted by Gasteiger charge is -2.30. The normalized spacial score (nSPS) is 20.9. The van der Waals surface area contributed by atoms with E-state index in [9.17, 15) is 4.79 Å². The number of urea groups is 1. The van der Waals surface area contributed by atoms with Crippen LogP contribution in [0.5, 0.6) is 0 Å². The minimum absolute atomic E-state index is 0.0877. The summed E-state index contributed by atoms with van der Waals surface area (Å²) in [4.78, 5) is 19.8. The Morgan fingerprint density at radius 3 is 2.82 bits per heavy atom. The van der Waals surface area contributed by atoms with Crippen molar-refractivity contribution in [3.8, 4) is 0 Å². The van der Waals surface area contributed by atoms with Crippen LogP contribution in [0.2, 0.25) is 0 Å². The molecule has 3 heterocycles. The zero-order valence-corrected chi connectivity index (χ0v) is 9.89. The van der Waals surface area contributed by atoms with Gasteiger partial charge in [-0.05, 0) is 11.6 Å². The van der Waals surface area contributed by atoms with Gasteiger partial charge in [-0.3, -0.25) is 9.88 Å². The topological polar surface area (TPSA) is 48.5 Å². The van der Waals surface area contributed by atoms with Crippen LogP contribution in [0.25, 0.3) is 0 Å². The number of amides is 2. The van der Waals surface area contributed by atoms with E-state index in [0.717, 1.165) is 31.9 Å². The monoisotopic (exact) mass is 232 g/mol. The first-order chi connectivity index (χ1) is 8.27. The molecule has 0 spiro atoms. The fourth-order valence-electron chi connectivity index (χ4n) is 2.34. The molecular formula is C12H16N4O. The van der Waals surface area contributed by atoms with E-state index in [2.05, 4.69) is 10.3 Å². The SMILES string of the molecule is CN1CCN(c2ccncc2C2CNC2)C1=O. The van der Waals surface area contributed by atoms with Crippen molar-refractivity contribution in [1.82, 2.24) is 15.2 Å². The van der Waals surface area contributed by atoms with Crippen LogP contribution < -0.4 is 10.2 Å². The van der Waals surface area contributed by atoms with E-state index in [-0.39, 0.29) is 6.03 Å². The van der Waals surface area contributed by atoms with Gasteiger partial charge in [0.05, 0.1) is 5.69 Å². The number of carbonyl (C=O) groups is 1. The van der Waals surface area contributed by atoms with Crippen molar-refractivity contribution >= 4 is 11.7 Å². The van der Waals surface area contributed by atoms with Crippen LogP contribution in [0.1, 0.15) is 11.5 Å². The summed E-state index contributed by atoms with van der Waals surface area (Å²) in [7, 11) is 1.84. The highest BCUT2D eigenvalue weighted by atomic mass is 16.2. The Kier molecular flexibility index (Phi) is 2.48. The van der Waals surface area contributed by atoms with Crippen LogP contribution >= 0.6 is 0 Å². The van der Waals surface area contributed by atoms with Gasteiger partial charge in [-0.15, -0.1) is 0 Å². The molecule has 0 aromatic carbocycles. The van der Waals surface area contributed by atoms with Gasteiger partial charge in [-0.2, -0.15) is 0 Å². The Balaban J connectivity index is 1.94. The lowest BCUT2D eigenvalue weighted by atomic mass is 9.93. The van der Waals surface area contributed by atoms with Crippen molar-refractivity contribution in [1.29, 1.82) is 0 Å². The third-order valence-corrected chi connectivity index (χ3v) is 3.56. The molecule has 0 radical (unpaired) electrons. The summed E-state index contributed by atoms with van der Waals surface area (Å²) in [6.07, 6.45) is 3.66. The van der Waals surface area contributed by atoms with Crippen molar-refractivity contribution in [2.45, 2.75) is 5.92 Å². The second kappa shape index (κ2) is 4.00. The Bertz CT molecular complexity index is 444. The molecule has 90 valence electrons. The van der Waals surface area contributed by atoms with Crippen LogP contribution in [-0.4, -0.2) is 49.1 Å². The maximum absolute atomic E-state index is 12.0. The van der Waals surface area contributed by atoms with Gasteiger partial charge in [0.15, 0.2) is 0 Å². The molecule has 2 fully saturated rings. The van der Waals surface area contributed by atoms with E-state index >= 15 is 0 Å². The van der Waals surface area contributed by atoms with E-state index in [4.69, 9.17) is 0 Å². The molecule has 0 unspecified atom stereocenters. The highest BCUT2D eigenvalue weighted by molar-refractivity contribution is 5.94.